The number of carbonyl (C=O) groups excluding carboxylic acids is 1. The van der Waals surface area contributed by atoms with Crippen LogP contribution in [0.15, 0.2) is 23.3 Å². The van der Waals surface area contributed by atoms with E-state index in [1.807, 2.05) is 0 Å². The highest BCUT2D eigenvalue weighted by molar-refractivity contribution is 5.98. The molecule has 3 N–H and O–H groups in total. The van der Waals surface area contributed by atoms with Crippen molar-refractivity contribution in [3.8, 4) is 0 Å². The van der Waals surface area contributed by atoms with Gasteiger partial charge < -0.3 is 25.0 Å². The van der Waals surface area contributed by atoms with Crippen LogP contribution in [0.3, 0.4) is 0 Å². The molecule has 4 rings (SSSR count). The molecule has 2 aromatic heterocycles. The molecular formula is C24H29F6N7O4. The molecule has 0 bridgehead atoms. The van der Waals surface area contributed by atoms with Gasteiger partial charge in [0.15, 0.2) is 5.82 Å². The van der Waals surface area contributed by atoms with E-state index >= 15 is 0 Å². The number of rotatable bonds is 8. The molecule has 2 aliphatic heterocycles. The maximum absolute atomic E-state index is 13.2. The van der Waals surface area contributed by atoms with E-state index in [0.717, 1.165) is 18.5 Å². The summed E-state index contributed by atoms with van der Waals surface area (Å²) in [5.41, 5.74) is -4.13. The SMILES string of the molecule is C[C@@H](COCCC(O)N1CCN2c3ncc(C(F)(F)F)cc3N(C)C(=O)CC2C1)Nc1cn[nH]c(=O)c1C(F)(F)F. The Morgan fingerprint density at radius 2 is 1.90 bits per heavy atom. The van der Waals surface area contributed by atoms with Crippen molar-refractivity contribution < 1.29 is 41.0 Å². The molecular weight excluding hydrogens is 564 g/mol. The molecule has 3 atom stereocenters. The number of carbonyl (C=O) groups is 1. The van der Waals surface area contributed by atoms with Crippen molar-refractivity contribution in [3.63, 3.8) is 0 Å². The number of nitrogens with zero attached hydrogens (tertiary/aromatic N) is 5. The summed E-state index contributed by atoms with van der Waals surface area (Å²) in [7, 11) is 1.40. The first kappa shape index (κ1) is 30.5. The topological polar surface area (TPSA) is 127 Å². The molecule has 41 heavy (non-hydrogen) atoms. The molecule has 2 unspecified atom stereocenters. The third-order valence-corrected chi connectivity index (χ3v) is 6.96. The highest BCUT2D eigenvalue weighted by Gasteiger charge is 2.40. The molecule has 1 saturated heterocycles. The largest absolute Gasteiger partial charge is 0.423 e. The number of anilines is 3. The average Bonchev–Trinajstić information content (AvgIpc) is 2.98. The van der Waals surface area contributed by atoms with Crippen molar-refractivity contribution in [1.82, 2.24) is 20.1 Å². The monoisotopic (exact) mass is 593 g/mol. The molecule has 2 aromatic rings. The molecule has 2 aliphatic rings. The van der Waals surface area contributed by atoms with Crippen LogP contribution < -0.4 is 20.7 Å². The molecule has 0 spiro atoms. The summed E-state index contributed by atoms with van der Waals surface area (Å²) in [5.74, 6) is -0.120. The van der Waals surface area contributed by atoms with Gasteiger partial charge in [-0.25, -0.2) is 10.1 Å². The van der Waals surface area contributed by atoms with Gasteiger partial charge in [0.05, 0.1) is 42.4 Å². The number of aliphatic hydroxyl groups is 1. The molecule has 11 nitrogen and oxygen atoms in total. The second-order valence-corrected chi connectivity index (χ2v) is 9.94. The van der Waals surface area contributed by atoms with E-state index in [2.05, 4.69) is 15.4 Å². The van der Waals surface area contributed by atoms with E-state index in [1.54, 1.807) is 21.8 Å². The first-order chi connectivity index (χ1) is 19.2. The van der Waals surface area contributed by atoms with Crippen molar-refractivity contribution >= 4 is 23.1 Å². The maximum Gasteiger partial charge on any atom is 0.423 e. The van der Waals surface area contributed by atoms with Gasteiger partial charge >= 0.3 is 12.4 Å². The van der Waals surface area contributed by atoms with Crippen molar-refractivity contribution in [2.45, 2.75) is 50.4 Å². The maximum atomic E-state index is 13.2. The normalized spacial score (nSPS) is 19.8. The van der Waals surface area contributed by atoms with E-state index in [-0.39, 0.29) is 50.0 Å². The number of H-pyrrole nitrogens is 1. The Kier molecular flexibility index (Phi) is 8.79. The minimum absolute atomic E-state index is 0.00814. The number of alkyl halides is 6. The lowest BCUT2D eigenvalue weighted by molar-refractivity contribution is -0.138. The van der Waals surface area contributed by atoms with E-state index in [4.69, 9.17) is 4.74 Å². The first-order valence-corrected chi connectivity index (χ1v) is 12.7. The van der Waals surface area contributed by atoms with Gasteiger partial charge in [-0.1, -0.05) is 0 Å². The van der Waals surface area contributed by atoms with Gasteiger partial charge in [0, 0.05) is 51.8 Å². The minimum atomic E-state index is -4.88. The summed E-state index contributed by atoms with van der Waals surface area (Å²) in [5, 5.41) is 18.5. The number of aliphatic hydroxyl groups excluding tert-OH is 1. The molecule has 226 valence electrons. The van der Waals surface area contributed by atoms with Crippen LogP contribution in [0.4, 0.5) is 43.5 Å². The molecule has 1 fully saturated rings. The number of halogens is 6. The van der Waals surface area contributed by atoms with E-state index in [9.17, 15) is 41.0 Å². The van der Waals surface area contributed by atoms with Gasteiger partial charge in [-0.15, -0.1) is 0 Å². The number of piperazine rings is 1. The van der Waals surface area contributed by atoms with Gasteiger partial charge in [-0.05, 0) is 13.0 Å². The van der Waals surface area contributed by atoms with Gasteiger partial charge in [-0.2, -0.15) is 31.4 Å². The summed E-state index contributed by atoms with van der Waals surface area (Å²) < 4.78 is 84.9. The van der Waals surface area contributed by atoms with Crippen LogP contribution in [0, 0.1) is 0 Å². The van der Waals surface area contributed by atoms with Crippen LogP contribution in [0.5, 0.6) is 0 Å². The number of nitrogens with one attached hydrogen (secondary N) is 2. The average molecular weight is 594 g/mol. The number of aromatic amines is 1. The Labute approximate surface area is 230 Å². The Morgan fingerprint density at radius 3 is 2.59 bits per heavy atom. The van der Waals surface area contributed by atoms with Crippen LogP contribution in [-0.2, 0) is 21.9 Å². The molecule has 0 aromatic carbocycles. The zero-order valence-electron chi connectivity index (χ0n) is 22.1. The second kappa shape index (κ2) is 11.8. The number of fused-ring (bicyclic) bond motifs is 3. The van der Waals surface area contributed by atoms with Crippen LogP contribution in [-0.4, -0.2) is 89.3 Å². The lowest BCUT2D eigenvalue weighted by Crippen LogP contribution is -2.56. The standard InChI is InChI=1S/C24H29F6N7O4/c1-13(33-16-10-32-34-22(40)20(16)24(28,29)30)12-41-6-3-18(38)36-4-5-37-15(11-36)8-19(39)35(2)17-7-14(23(25,26)27)9-31-21(17)37/h7,9-10,13,15,18,38H,3-6,8,11-12H2,1-2H3,(H2,33,34,40)/t13-,15?,18?/m0/s1. The number of hydrogen-bond acceptors (Lipinski definition) is 9. The molecule has 1 amide bonds. The Hall–Kier alpha value is -3.44. The van der Waals surface area contributed by atoms with Gasteiger partial charge in [0.2, 0.25) is 5.91 Å². The minimum Gasteiger partial charge on any atom is -0.379 e. The van der Waals surface area contributed by atoms with Gasteiger partial charge in [0.1, 0.15) is 11.8 Å². The molecule has 17 heteroatoms. The van der Waals surface area contributed by atoms with Crippen molar-refractivity contribution in [2.24, 2.45) is 0 Å². The van der Waals surface area contributed by atoms with Gasteiger partial charge in [-0.3, -0.25) is 14.5 Å². The van der Waals surface area contributed by atoms with E-state index in [0.29, 0.717) is 13.1 Å². The highest BCUT2D eigenvalue weighted by Crippen LogP contribution is 2.39. The Bertz CT molecular complexity index is 1300. The summed E-state index contributed by atoms with van der Waals surface area (Å²) in [6, 6.07) is -0.151. The zero-order chi connectivity index (χ0) is 30.1. The van der Waals surface area contributed by atoms with Crippen molar-refractivity contribution in [2.75, 3.05) is 55.0 Å². The fourth-order valence-corrected chi connectivity index (χ4v) is 4.87. The number of aromatic nitrogens is 3. The van der Waals surface area contributed by atoms with Crippen LogP contribution in [0.1, 0.15) is 30.9 Å². The fraction of sp³-hybridized carbons (Fsp3) is 0.583. The van der Waals surface area contributed by atoms with Gasteiger partial charge in [0.25, 0.3) is 5.56 Å². The van der Waals surface area contributed by atoms with Crippen LogP contribution in [0.25, 0.3) is 0 Å². The molecule has 4 heterocycles. The molecule has 0 aliphatic carbocycles. The fourth-order valence-electron chi connectivity index (χ4n) is 4.87. The highest BCUT2D eigenvalue weighted by atomic mass is 19.4. The third kappa shape index (κ3) is 6.90. The molecule has 0 saturated carbocycles. The summed E-state index contributed by atoms with van der Waals surface area (Å²) in [6.45, 7) is 2.48. The number of pyridine rings is 1. The van der Waals surface area contributed by atoms with Crippen molar-refractivity contribution in [3.05, 3.63) is 39.9 Å². The predicted molar refractivity (Wildman–Crippen MR) is 134 cm³/mol. The smallest absolute Gasteiger partial charge is 0.379 e. The van der Waals surface area contributed by atoms with E-state index in [1.165, 1.54) is 11.9 Å². The number of amides is 1. The first-order valence-electron chi connectivity index (χ1n) is 12.7. The zero-order valence-corrected chi connectivity index (χ0v) is 22.1. The third-order valence-electron chi connectivity index (χ3n) is 6.96. The quantitative estimate of drug-likeness (QED) is 0.312. The molecule has 0 radical (unpaired) electrons. The Balaban J connectivity index is 1.31. The van der Waals surface area contributed by atoms with Crippen LogP contribution >= 0.6 is 0 Å². The lowest BCUT2D eigenvalue weighted by Gasteiger charge is -2.42. The van der Waals surface area contributed by atoms with Crippen LogP contribution in [0.2, 0.25) is 0 Å². The van der Waals surface area contributed by atoms with E-state index < -0.39 is 53.0 Å². The lowest BCUT2D eigenvalue weighted by atomic mass is 10.1. The second-order valence-electron chi connectivity index (χ2n) is 9.94. The number of hydrogen-bond donors (Lipinski definition) is 3. The summed E-state index contributed by atoms with van der Waals surface area (Å²) >= 11 is 0. The van der Waals surface area contributed by atoms with Crippen molar-refractivity contribution in [1.29, 1.82) is 0 Å². The summed E-state index contributed by atoms with van der Waals surface area (Å²) in [4.78, 5) is 33.1. The predicted octanol–water partition coefficient (Wildman–Crippen LogP) is 2.29. The Morgan fingerprint density at radius 1 is 1.17 bits per heavy atom. The number of ether oxygens (including phenoxy) is 1. The summed E-state index contributed by atoms with van der Waals surface area (Å²) in [6.07, 6.45) is -8.70.